The fraction of sp³-hybridized carbons (Fsp3) is 0.0588. The van der Waals surface area contributed by atoms with Crippen LogP contribution in [0.3, 0.4) is 0 Å². The lowest BCUT2D eigenvalue weighted by Gasteiger charge is -2.32. The van der Waals surface area contributed by atoms with Crippen molar-refractivity contribution in [3.63, 3.8) is 0 Å². The largest absolute Gasteiger partial charge is 0.310 e. The Bertz CT molecular complexity index is 3120. The van der Waals surface area contributed by atoms with Crippen molar-refractivity contribution < 1.29 is 0 Å². The molecule has 57 heavy (non-hydrogen) atoms. The standard InChI is InChI=1S/C51H34N6/c1-3-12-41-37(10-1)38-25-26-44-48(49(38)51(41,46-15-5-7-28-53-46)47-16-6-8-29-54-47)39-11-2-4-13-42(39)56(44)35-21-17-33(18-22-35)34-19-23-36(24-20-34)57-43-27-31-52-32-40(43)50-45(57)14-9-30-55-50/h1,3-10,12-32H,2,11H2. The maximum Gasteiger partial charge on any atom is 0.106 e. The summed E-state index contributed by atoms with van der Waals surface area (Å²) in [5.74, 6) is 0. The first-order chi connectivity index (χ1) is 28.3. The van der Waals surface area contributed by atoms with Crippen molar-refractivity contribution in [2.45, 2.75) is 18.3 Å². The van der Waals surface area contributed by atoms with Gasteiger partial charge in [-0.3, -0.25) is 19.9 Å². The topological polar surface area (TPSA) is 61.4 Å². The molecule has 6 aromatic heterocycles. The zero-order valence-electron chi connectivity index (χ0n) is 30.9. The lowest BCUT2D eigenvalue weighted by Crippen LogP contribution is -2.31. The van der Waals surface area contributed by atoms with Crippen LogP contribution in [0.2, 0.25) is 0 Å². The van der Waals surface area contributed by atoms with E-state index in [4.69, 9.17) is 9.97 Å². The zero-order valence-corrected chi connectivity index (χ0v) is 30.9. The van der Waals surface area contributed by atoms with Gasteiger partial charge in [0.2, 0.25) is 0 Å². The fourth-order valence-electron chi connectivity index (χ4n) is 9.79. The van der Waals surface area contributed by atoms with Gasteiger partial charge in [-0.2, -0.15) is 0 Å². The van der Waals surface area contributed by atoms with E-state index in [2.05, 4.69) is 153 Å². The summed E-state index contributed by atoms with van der Waals surface area (Å²) in [5.41, 5.74) is 17.8. The van der Waals surface area contributed by atoms with Gasteiger partial charge in [0.1, 0.15) is 5.41 Å². The fourth-order valence-corrected chi connectivity index (χ4v) is 9.79. The van der Waals surface area contributed by atoms with Gasteiger partial charge in [-0.1, -0.05) is 72.8 Å². The van der Waals surface area contributed by atoms with Crippen molar-refractivity contribution in [3.8, 4) is 33.6 Å². The third-order valence-electron chi connectivity index (χ3n) is 12.1. The minimum Gasteiger partial charge on any atom is -0.310 e. The molecular formula is C51H34N6. The number of benzene rings is 4. The Labute approximate surface area is 329 Å². The highest BCUT2D eigenvalue weighted by molar-refractivity contribution is 6.07. The number of aromatic nitrogens is 6. The summed E-state index contributed by atoms with van der Waals surface area (Å²) < 4.78 is 4.73. The summed E-state index contributed by atoms with van der Waals surface area (Å²) in [5, 5.41) is 2.35. The lowest BCUT2D eigenvalue weighted by atomic mass is 9.70. The van der Waals surface area contributed by atoms with Crippen molar-refractivity contribution in [1.82, 2.24) is 29.1 Å². The number of pyridine rings is 4. The molecule has 0 saturated heterocycles. The van der Waals surface area contributed by atoms with Crippen LogP contribution in [0.25, 0.3) is 72.5 Å². The molecule has 6 heterocycles. The van der Waals surface area contributed by atoms with E-state index in [0.29, 0.717) is 0 Å². The second-order valence-electron chi connectivity index (χ2n) is 14.9. The first-order valence-electron chi connectivity index (χ1n) is 19.5. The van der Waals surface area contributed by atoms with E-state index in [-0.39, 0.29) is 0 Å². The Morgan fingerprint density at radius 2 is 1.23 bits per heavy atom. The van der Waals surface area contributed by atoms with Gasteiger partial charge < -0.3 is 9.13 Å². The molecule has 268 valence electrons. The number of rotatable bonds is 5. The Kier molecular flexibility index (Phi) is 6.87. The summed E-state index contributed by atoms with van der Waals surface area (Å²) in [6.07, 6.45) is 16.0. The van der Waals surface area contributed by atoms with Crippen LogP contribution >= 0.6 is 0 Å². The Hall–Kier alpha value is -7.44. The monoisotopic (exact) mass is 730 g/mol. The van der Waals surface area contributed by atoms with E-state index in [9.17, 15) is 0 Å². The predicted octanol–water partition coefficient (Wildman–Crippen LogP) is 11.3. The average Bonchev–Trinajstić information content (AvgIpc) is 3.92. The second-order valence-corrected chi connectivity index (χ2v) is 14.9. The van der Waals surface area contributed by atoms with Crippen molar-refractivity contribution in [1.29, 1.82) is 0 Å². The smallest absolute Gasteiger partial charge is 0.106 e. The van der Waals surface area contributed by atoms with Crippen LogP contribution < -0.4 is 0 Å². The molecule has 2 aliphatic rings. The van der Waals surface area contributed by atoms with E-state index >= 15 is 0 Å². The van der Waals surface area contributed by atoms with Crippen LogP contribution in [-0.2, 0) is 11.8 Å². The third kappa shape index (κ3) is 4.46. The van der Waals surface area contributed by atoms with E-state index in [1.54, 1.807) is 0 Å². The molecule has 0 unspecified atom stereocenters. The Morgan fingerprint density at radius 3 is 1.96 bits per heavy atom. The summed E-state index contributed by atoms with van der Waals surface area (Å²) in [6.45, 7) is 0. The van der Waals surface area contributed by atoms with E-state index in [1.807, 2.05) is 49.2 Å². The molecule has 0 fully saturated rings. The van der Waals surface area contributed by atoms with Crippen LogP contribution in [-0.4, -0.2) is 29.1 Å². The van der Waals surface area contributed by atoms with Gasteiger partial charge in [0.15, 0.2) is 0 Å². The van der Waals surface area contributed by atoms with Crippen molar-refractivity contribution in [2.75, 3.05) is 0 Å². The number of allylic oxidation sites excluding steroid dienone is 1. The van der Waals surface area contributed by atoms with Crippen LogP contribution in [0.4, 0.5) is 0 Å². The number of hydrogen-bond acceptors (Lipinski definition) is 4. The molecule has 2 aliphatic carbocycles. The number of fused-ring (bicyclic) bond motifs is 10. The van der Waals surface area contributed by atoms with Gasteiger partial charge in [0.05, 0.1) is 33.5 Å². The van der Waals surface area contributed by atoms with Crippen molar-refractivity contribution >= 4 is 38.9 Å². The molecule has 0 atom stereocenters. The molecule has 12 rings (SSSR count). The molecule has 0 bridgehead atoms. The number of nitrogens with zero attached hydrogens (tertiary/aromatic N) is 6. The molecule has 0 amide bonds. The van der Waals surface area contributed by atoms with E-state index in [1.165, 1.54) is 50.0 Å². The lowest BCUT2D eigenvalue weighted by molar-refractivity contribution is 0.710. The summed E-state index contributed by atoms with van der Waals surface area (Å²) in [6, 6.07) is 50.1. The number of hydrogen-bond donors (Lipinski definition) is 0. The summed E-state index contributed by atoms with van der Waals surface area (Å²) in [7, 11) is 0. The van der Waals surface area contributed by atoms with Crippen LogP contribution in [0.15, 0.2) is 177 Å². The quantitative estimate of drug-likeness (QED) is 0.177. The maximum absolute atomic E-state index is 5.11. The molecule has 0 spiro atoms. The highest BCUT2D eigenvalue weighted by Crippen LogP contribution is 2.58. The molecule has 10 aromatic rings. The maximum atomic E-state index is 5.11. The van der Waals surface area contributed by atoms with Gasteiger partial charge in [-0.25, -0.2) is 0 Å². The minimum absolute atomic E-state index is 0.683. The van der Waals surface area contributed by atoms with Gasteiger partial charge in [0, 0.05) is 58.8 Å². The first kappa shape index (κ1) is 31.9. The molecular weight excluding hydrogens is 697 g/mol. The Morgan fingerprint density at radius 1 is 0.526 bits per heavy atom. The predicted molar refractivity (Wildman–Crippen MR) is 229 cm³/mol. The highest BCUT2D eigenvalue weighted by Gasteiger charge is 2.50. The molecule has 0 saturated carbocycles. The van der Waals surface area contributed by atoms with Gasteiger partial charge in [-0.15, -0.1) is 0 Å². The van der Waals surface area contributed by atoms with Crippen molar-refractivity contribution in [3.05, 3.63) is 210 Å². The second kappa shape index (κ2) is 12.3. The molecule has 6 heteroatoms. The van der Waals surface area contributed by atoms with Crippen molar-refractivity contribution in [2.24, 2.45) is 0 Å². The van der Waals surface area contributed by atoms with E-state index < -0.39 is 5.41 Å². The highest BCUT2D eigenvalue weighted by atomic mass is 15.0. The summed E-state index contributed by atoms with van der Waals surface area (Å²) in [4.78, 5) is 19.3. The molecule has 0 aliphatic heterocycles. The molecule has 0 N–H and O–H groups in total. The normalized spacial score (nSPS) is 13.9. The minimum atomic E-state index is -0.683. The number of aryl methyl sites for hydroxylation is 1. The first-order valence-corrected chi connectivity index (χ1v) is 19.5. The average molecular weight is 731 g/mol. The van der Waals surface area contributed by atoms with Crippen LogP contribution in [0, 0.1) is 0 Å². The zero-order chi connectivity index (χ0) is 37.5. The Balaban J connectivity index is 1.01. The van der Waals surface area contributed by atoms with E-state index in [0.717, 1.165) is 63.1 Å². The van der Waals surface area contributed by atoms with Gasteiger partial charge >= 0.3 is 0 Å². The van der Waals surface area contributed by atoms with Gasteiger partial charge in [0.25, 0.3) is 0 Å². The van der Waals surface area contributed by atoms with Gasteiger partial charge in [-0.05, 0) is 131 Å². The SMILES string of the molecule is C1=Cc2c(c3c4c(ccc3n2-c2ccc(-c3ccc(-n5c6ccncc6c6ncccc65)cc3)cc2)-c2ccccc2C4(c2ccccn2)c2ccccn2)CC1. The molecule has 6 nitrogen and oxygen atoms in total. The molecule has 0 radical (unpaired) electrons. The molecule has 4 aromatic carbocycles. The van der Waals surface area contributed by atoms with Crippen LogP contribution in [0.1, 0.15) is 40.2 Å². The summed E-state index contributed by atoms with van der Waals surface area (Å²) >= 11 is 0. The third-order valence-corrected chi connectivity index (χ3v) is 12.1. The van der Waals surface area contributed by atoms with Crippen LogP contribution in [0.5, 0.6) is 0 Å².